The monoisotopic (exact) mass is 301 g/mol. The number of nitrogens with one attached hydrogen (secondary N) is 1. The Hall–Kier alpha value is -1.38. The van der Waals surface area contributed by atoms with Crippen LogP contribution >= 0.6 is 0 Å². The van der Waals surface area contributed by atoms with E-state index in [1.54, 1.807) is 12.1 Å². The molecule has 5 rings (SSSR count). The maximum atomic E-state index is 13.6. The summed E-state index contributed by atoms with van der Waals surface area (Å²) in [6.45, 7) is 0.303. The number of amides is 1. The lowest BCUT2D eigenvalue weighted by Crippen LogP contribution is -2.47. The van der Waals surface area contributed by atoms with Crippen LogP contribution in [0.4, 0.5) is 4.39 Å². The number of carbonyl (C=O) groups excluding carboxylic acids is 1. The third-order valence-corrected chi connectivity index (χ3v) is 6.13. The van der Waals surface area contributed by atoms with E-state index in [1.807, 2.05) is 6.07 Å². The van der Waals surface area contributed by atoms with Gasteiger partial charge in [0.1, 0.15) is 5.82 Å². The lowest BCUT2D eigenvalue weighted by Gasteiger charge is -2.56. The molecule has 4 aliphatic carbocycles. The van der Waals surface area contributed by atoms with Crippen molar-refractivity contribution in [1.29, 1.82) is 0 Å². The molecule has 4 fully saturated rings. The second-order valence-corrected chi connectivity index (χ2v) is 7.96. The molecule has 0 saturated heterocycles. The molecule has 0 heterocycles. The van der Waals surface area contributed by atoms with Gasteiger partial charge in [-0.2, -0.15) is 0 Å². The van der Waals surface area contributed by atoms with Gasteiger partial charge in [0, 0.05) is 18.5 Å². The number of hydrogen-bond donors (Lipinski definition) is 1. The van der Waals surface area contributed by atoms with E-state index in [9.17, 15) is 9.18 Å². The molecule has 1 aromatic rings. The van der Waals surface area contributed by atoms with E-state index in [0.717, 1.165) is 17.8 Å². The molecule has 1 aromatic carbocycles. The van der Waals surface area contributed by atoms with Crippen molar-refractivity contribution in [2.75, 3.05) is 0 Å². The van der Waals surface area contributed by atoms with E-state index in [0.29, 0.717) is 18.5 Å². The molecular formula is C19H24FNO. The summed E-state index contributed by atoms with van der Waals surface area (Å²) in [6, 6.07) is 6.67. The first-order chi connectivity index (χ1) is 10.6. The van der Waals surface area contributed by atoms with Gasteiger partial charge >= 0.3 is 0 Å². The van der Waals surface area contributed by atoms with Gasteiger partial charge in [-0.25, -0.2) is 4.39 Å². The summed E-state index contributed by atoms with van der Waals surface area (Å²) in [5.74, 6) is 2.46. The number of carbonyl (C=O) groups is 1. The zero-order chi connectivity index (χ0) is 15.2. The maximum absolute atomic E-state index is 13.6. The summed E-state index contributed by atoms with van der Waals surface area (Å²) in [7, 11) is 0. The van der Waals surface area contributed by atoms with E-state index in [4.69, 9.17) is 0 Å². The van der Waals surface area contributed by atoms with Crippen molar-refractivity contribution in [2.45, 2.75) is 51.5 Å². The van der Waals surface area contributed by atoms with Gasteiger partial charge in [0.2, 0.25) is 5.91 Å². The van der Waals surface area contributed by atoms with Gasteiger partial charge in [-0.15, -0.1) is 0 Å². The fourth-order valence-corrected chi connectivity index (χ4v) is 5.75. The molecule has 0 unspecified atom stereocenters. The van der Waals surface area contributed by atoms with Crippen molar-refractivity contribution in [3.8, 4) is 0 Å². The zero-order valence-corrected chi connectivity index (χ0v) is 13.0. The highest BCUT2D eigenvalue weighted by Crippen LogP contribution is 2.61. The topological polar surface area (TPSA) is 29.1 Å². The Bertz CT molecular complexity index is 547. The molecule has 4 bridgehead atoms. The quantitative estimate of drug-likeness (QED) is 0.893. The van der Waals surface area contributed by atoms with Gasteiger partial charge in [0.15, 0.2) is 0 Å². The van der Waals surface area contributed by atoms with E-state index in [2.05, 4.69) is 5.32 Å². The predicted octanol–water partition coefficient (Wildman–Crippen LogP) is 4.05. The summed E-state index contributed by atoms with van der Waals surface area (Å²) in [5, 5.41) is 2.94. The van der Waals surface area contributed by atoms with Crippen LogP contribution in [0.15, 0.2) is 24.3 Å². The normalized spacial score (nSPS) is 35.6. The van der Waals surface area contributed by atoms with Gasteiger partial charge in [0.05, 0.1) is 0 Å². The third-order valence-electron chi connectivity index (χ3n) is 6.13. The van der Waals surface area contributed by atoms with Crippen LogP contribution in [0.5, 0.6) is 0 Å². The second kappa shape index (κ2) is 5.36. The van der Waals surface area contributed by atoms with Crippen molar-refractivity contribution in [2.24, 2.45) is 23.2 Å². The number of halogens is 1. The van der Waals surface area contributed by atoms with E-state index >= 15 is 0 Å². The van der Waals surface area contributed by atoms with Gasteiger partial charge < -0.3 is 5.32 Å². The van der Waals surface area contributed by atoms with Gasteiger partial charge in [-0.1, -0.05) is 18.2 Å². The second-order valence-electron chi connectivity index (χ2n) is 7.96. The molecule has 4 aliphatic rings. The average Bonchev–Trinajstić information content (AvgIpc) is 2.44. The largest absolute Gasteiger partial charge is 0.352 e. The molecule has 2 nitrogen and oxygen atoms in total. The van der Waals surface area contributed by atoms with Gasteiger partial charge in [0.25, 0.3) is 0 Å². The smallest absolute Gasteiger partial charge is 0.220 e. The first-order valence-electron chi connectivity index (χ1n) is 8.62. The Morgan fingerprint density at radius 2 is 1.68 bits per heavy atom. The van der Waals surface area contributed by atoms with Gasteiger partial charge in [-0.05, 0) is 67.8 Å². The summed E-state index contributed by atoms with van der Waals surface area (Å²) < 4.78 is 13.6. The number of benzene rings is 1. The van der Waals surface area contributed by atoms with Crippen LogP contribution in [-0.2, 0) is 11.3 Å². The SMILES string of the molecule is O=C(CC12CC3CC(CC(C3)C1)C2)NCc1ccccc1F. The Labute approximate surface area is 131 Å². The van der Waals surface area contributed by atoms with Crippen molar-refractivity contribution >= 4 is 5.91 Å². The van der Waals surface area contributed by atoms with Crippen LogP contribution in [0.3, 0.4) is 0 Å². The molecule has 22 heavy (non-hydrogen) atoms. The summed E-state index contributed by atoms with van der Waals surface area (Å²) in [4.78, 5) is 12.4. The van der Waals surface area contributed by atoms with Crippen LogP contribution in [0, 0.1) is 29.0 Å². The molecule has 4 saturated carbocycles. The lowest BCUT2D eigenvalue weighted by molar-refractivity contribution is -0.129. The zero-order valence-electron chi connectivity index (χ0n) is 13.0. The Kier molecular flexibility index (Phi) is 3.47. The molecular weight excluding hydrogens is 277 g/mol. The van der Waals surface area contributed by atoms with E-state index in [-0.39, 0.29) is 17.1 Å². The van der Waals surface area contributed by atoms with Crippen molar-refractivity contribution in [3.05, 3.63) is 35.6 Å². The standard InChI is InChI=1S/C19H24FNO/c20-17-4-2-1-3-16(17)12-21-18(22)11-19-8-13-5-14(9-19)7-15(6-13)10-19/h1-4,13-15H,5-12H2,(H,21,22). The summed E-state index contributed by atoms with van der Waals surface area (Å²) in [6.07, 6.45) is 8.57. The molecule has 3 heteroatoms. The summed E-state index contributed by atoms with van der Waals surface area (Å²) in [5.41, 5.74) is 0.829. The minimum Gasteiger partial charge on any atom is -0.352 e. The predicted molar refractivity (Wildman–Crippen MR) is 83.5 cm³/mol. The average molecular weight is 301 g/mol. The van der Waals surface area contributed by atoms with Crippen LogP contribution in [-0.4, -0.2) is 5.91 Å². The van der Waals surface area contributed by atoms with Gasteiger partial charge in [-0.3, -0.25) is 4.79 Å². The Balaban J connectivity index is 1.37. The van der Waals surface area contributed by atoms with Crippen molar-refractivity contribution in [1.82, 2.24) is 5.32 Å². The highest BCUT2D eigenvalue weighted by atomic mass is 19.1. The molecule has 0 aliphatic heterocycles. The minimum absolute atomic E-state index is 0.102. The van der Waals surface area contributed by atoms with Crippen LogP contribution in [0.25, 0.3) is 0 Å². The van der Waals surface area contributed by atoms with Crippen molar-refractivity contribution < 1.29 is 9.18 Å². The first kappa shape index (κ1) is 14.2. The molecule has 118 valence electrons. The molecule has 0 atom stereocenters. The molecule has 1 N–H and O–H groups in total. The van der Waals surface area contributed by atoms with Crippen LogP contribution in [0.2, 0.25) is 0 Å². The molecule has 0 spiro atoms. The third kappa shape index (κ3) is 2.66. The lowest BCUT2D eigenvalue weighted by atomic mass is 9.49. The van der Waals surface area contributed by atoms with Crippen molar-refractivity contribution in [3.63, 3.8) is 0 Å². The van der Waals surface area contributed by atoms with Crippen LogP contribution in [0.1, 0.15) is 50.5 Å². The summed E-state index contributed by atoms with van der Waals surface area (Å²) >= 11 is 0. The fraction of sp³-hybridized carbons (Fsp3) is 0.632. The Morgan fingerprint density at radius 3 is 2.27 bits per heavy atom. The maximum Gasteiger partial charge on any atom is 0.220 e. The molecule has 0 aromatic heterocycles. The minimum atomic E-state index is -0.238. The van der Waals surface area contributed by atoms with E-state index in [1.165, 1.54) is 44.6 Å². The molecule has 1 amide bonds. The highest BCUT2D eigenvalue weighted by molar-refractivity contribution is 5.76. The Morgan fingerprint density at radius 1 is 1.09 bits per heavy atom. The van der Waals surface area contributed by atoms with E-state index < -0.39 is 0 Å². The number of hydrogen-bond acceptors (Lipinski definition) is 1. The fourth-order valence-electron chi connectivity index (χ4n) is 5.75. The molecule has 0 radical (unpaired) electrons. The first-order valence-corrected chi connectivity index (χ1v) is 8.62. The van der Waals surface area contributed by atoms with Crippen LogP contribution < -0.4 is 5.32 Å². The number of rotatable bonds is 4. The highest BCUT2D eigenvalue weighted by Gasteiger charge is 2.51.